The summed E-state index contributed by atoms with van der Waals surface area (Å²) in [6, 6.07) is 15.2. The van der Waals surface area contributed by atoms with Crippen molar-refractivity contribution in [2.45, 2.75) is 33.1 Å². The van der Waals surface area contributed by atoms with Crippen molar-refractivity contribution in [2.75, 3.05) is 10.6 Å². The van der Waals surface area contributed by atoms with Crippen LogP contribution in [0.5, 0.6) is 11.6 Å². The zero-order valence-electron chi connectivity index (χ0n) is 18.5. The van der Waals surface area contributed by atoms with E-state index in [1.807, 2.05) is 55.5 Å². The first-order chi connectivity index (χ1) is 15.3. The molecule has 2 aromatic carbocycles. The van der Waals surface area contributed by atoms with E-state index in [-0.39, 0.29) is 5.41 Å². The van der Waals surface area contributed by atoms with Gasteiger partial charge in [0.05, 0.1) is 10.9 Å². The number of guanidine groups is 1. The van der Waals surface area contributed by atoms with Crippen LogP contribution in [0.15, 0.2) is 59.4 Å². The number of anilines is 2. The first-order valence-electron chi connectivity index (χ1n) is 10.2. The molecule has 0 radical (unpaired) electrons. The van der Waals surface area contributed by atoms with E-state index in [1.165, 1.54) is 6.33 Å². The summed E-state index contributed by atoms with van der Waals surface area (Å²) in [6.45, 7) is 11.8. The summed E-state index contributed by atoms with van der Waals surface area (Å²) in [5.41, 5.74) is 2.50. The number of ether oxygens (including phenoxy) is 1. The predicted octanol–water partition coefficient (Wildman–Crippen LogP) is 4.66. The summed E-state index contributed by atoms with van der Waals surface area (Å²) in [6.07, 6.45) is 1.50. The maximum Gasteiger partial charge on any atom is 0.449 e. The molecular formula is C24H25N6O2+. The molecule has 0 atom stereocenters. The van der Waals surface area contributed by atoms with Crippen molar-refractivity contribution >= 4 is 35.1 Å². The van der Waals surface area contributed by atoms with Gasteiger partial charge in [-0.1, -0.05) is 39.0 Å². The molecule has 2 heterocycles. The van der Waals surface area contributed by atoms with E-state index in [9.17, 15) is 0 Å². The van der Waals surface area contributed by atoms with Gasteiger partial charge in [0.1, 0.15) is 30.2 Å². The molecule has 0 spiro atoms. The fraction of sp³-hybridized carbons (Fsp3) is 0.208. The number of fused-ring (bicyclic) bond motifs is 1. The maximum atomic E-state index is 6.09. The minimum Gasteiger partial charge on any atom is -0.438 e. The molecule has 0 unspecified atom stereocenters. The second-order valence-corrected chi connectivity index (χ2v) is 8.36. The highest BCUT2D eigenvalue weighted by Crippen LogP contribution is 2.30. The second kappa shape index (κ2) is 8.53. The van der Waals surface area contributed by atoms with E-state index in [1.54, 1.807) is 0 Å². The average Bonchev–Trinajstić information content (AvgIpc) is 3.23. The Morgan fingerprint density at radius 3 is 2.62 bits per heavy atom. The lowest BCUT2D eigenvalue weighted by atomic mass is 9.93. The van der Waals surface area contributed by atoms with E-state index < -0.39 is 0 Å². The van der Waals surface area contributed by atoms with Gasteiger partial charge in [-0.05, 0) is 35.8 Å². The Bertz CT molecular complexity index is 1310. The number of nitrogens with one attached hydrogen (secondary N) is 2. The fourth-order valence-electron chi connectivity index (χ4n) is 3.13. The summed E-state index contributed by atoms with van der Waals surface area (Å²) in [7, 11) is 0. The third kappa shape index (κ3) is 4.61. The van der Waals surface area contributed by atoms with Crippen molar-refractivity contribution in [1.82, 2.24) is 19.8 Å². The van der Waals surface area contributed by atoms with Gasteiger partial charge in [0.2, 0.25) is 11.7 Å². The van der Waals surface area contributed by atoms with Crippen LogP contribution < -0.4 is 20.0 Å². The third-order valence-corrected chi connectivity index (χ3v) is 4.80. The van der Waals surface area contributed by atoms with Gasteiger partial charge in [-0.3, -0.25) is 4.67 Å². The molecule has 8 heteroatoms. The first-order valence-corrected chi connectivity index (χ1v) is 10.2. The zero-order valence-corrected chi connectivity index (χ0v) is 18.5. The molecule has 0 aliphatic rings. The molecule has 0 saturated heterocycles. The first kappa shape index (κ1) is 21.1. The normalized spacial score (nSPS) is 11.1. The molecule has 0 amide bonds. The monoisotopic (exact) mass is 429 g/mol. The maximum absolute atomic E-state index is 6.09. The lowest BCUT2D eigenvalue weighted by Gasteiger charge is -2.11. The van der Waals surface area contributed by atoms with E-state index in [2.05, 4.69) is 57.9 Å². The minimum absolute atomic E-state index is 0.142. The summed E-state index contributed by atoms with van der Waals surface area (Å²) >= 11 is 0. The molecule has 0 bridgehead atoms. The van der Waals surface area contributed by atoms with E-state index >= 15 is 0 Å². The largest absolute Gasteiger partial charge is 0.449 e. The van der Waals surface area contributed by atoms with Crippen molar-refractivity contribution in [2.24, 2.45) is 0 Å². The van der Waals surface area contributed by atoms with Gasteiger partial charge in [-0.15, -0.1) is 0 Å². The molecule has 0 aliphatic heterocycles. The molecular weight excluding hydrogens is 404 g/mol. The van der Waals surface area contributed by atoms with E-state index in [0.29, 0.717) is 23.4 Å². The van der Waals surface area contributed by atoms with Crippen LogP contribution in [0.4, 0.5) is 11.5 Å². The van der Waals surface area contributed by atoms with Gasteiger partial charge >= 0.3 is 5.96 Å². The Morgan fingerprint density at radius 1 is 1.06 bits per heavy atom. The van der Waals surface area contributed by atoms with Crippen LogP contribution >= 0.6 is 0 Å². The zero-order chi connectivity index (χ0) is 22.7. The molecule has 162 valence electrons. The molecule has 0 aliphatic carbocycles. The summed E-state index contributed by atoms with van der Waals surface area (Å²) in [5, 5.41) is 11.2. The topological polar surface area (TPSA) is 99.2 Å². The van der Waals surface area contributed by atoms with Crippen molar-refractivity contribution in [3.05, 3.63) is 66.2 Å². The van der Waals surface area contributed by atoms with Crippen LogP contribution in [0, 0.1) is 6.92 Å². The quantitative estimate of drug-likeness (QED) is 0.276. The summed E-state index contributed by atoms with van der Waals surface area (Å²) in [4.78, 5) is 8.65. The smallest absolute Gasteiger partial charge is 0.438 e. The van der Waals surface area contributed by atoms with Crippen LogP contribution in [0.3, 0.4) is 0 Å². The van der Waals surface area contributed by atoms with Gasteiger partial charge < -0.3 is 9.26 Å². The van der Waals surface area contributed by atoms with Gasteiger partial charge in [0, 0.05) is 17.5 Å². The molecule has 2 aromatic heterocycles. The number of benzene rings is 2. The highest BCUT2D eigenvalue weighted by atomic mass is 16.5. The van der Waals surface area contributed by atoms with Crippen LogP contribution in [0.25, 0.3) is 10.9 Å². The van der Waals surface area contributed by atoms with Crippen molar-refractivity contribution in [3.63, 3.8) is 0 Å². The fourth-order valence-corrected chi connectivity index (χ4v) is 3.13. The Hall–Kier alpha value is -4.16. The van der Waals surface area contributed by atoms with Crippen LogP contribution in [0.1, 0.15) is 32.1 Å². The number of rotatable bonds is 4. The third-order valence-electron chi connectivity index (χ3n) is 4.80. The Morgan fingerprint density at radius 2 is 1.88 bits per heavy atom. The Kier molecular flexibility index (Phi) is 5.62. The van der Waals surface area contributed by atoms with Crippen LogP contribution in [0.2, 0.25) is 0 Å². The molecule has 0 saturated carbocycles. The standard InChI is InChI=1S/C24H24N6O2/c1-15-8-6-11-18-21(15)22(27-14-26-18)31-17-10-7-9-16(12-17)28-23(25-5)29-20-13-19(32-30-20)24(2,3)4/h6-14H,5H2,1-4H3,(H,28,29,30)/p+1. The van der Waals surface area contributed by atoms with Gasteiger partial charge in [0.25, 0.3) is 0 Å². The molecule has 0 fully saturated rings. The Labute approximate surface area is 186 Å². The minimum atomic E-state index is -0.142. The SMILES string of the molecule is C=[N+]=C(Nc1cccc(Oc2ncnc3cccc(C)c23)c1)Nc1cc(C(C)(C)C)on1. The molecule has 4 rings (SSSR count). The van der Waals surface area contributed by atoms with E-state index in [0.717, 1.165) is 27.9 Å². The predicted molar refractivity (Wildman–Crippen MR) is 128 cm³/mol. The number of aryl methyl sites for hydroxylation is 1. The number of hydrogen-bond donors (Lipinski definition) is 2. The second-order valence-electron chi connectivity index (χ2n) is 8.36. The lowest BCUT2D eigenvalue weighted by molar-refractivity contribution is 0.331. The van der Waals surface area contributed by atoms with Crippen molar-refractivity contribution in [3.8, 4) is 11.6 Å². The average molecular weight is 430 g/mol. The van der Waals surface area contributed by atoms with Gasteiger partial charge in [0.15, 0.2) is 0 Å². The highest BCUT2D eigenvalue weighted by Gasteiger charge is 2.22. The Balaban J connectivity index is 1.52. The van der Waals surface area contributed by atoms with Gasteiger partial charge in [-0.2, -0.15) is 0 Å². The molecule has 2 N–H and O–H groups in total. The van der Waals surface area contributed by atoms with Crippen LogP contribution in [-0.4, -0.2) is 27.8 Å². The molecule has 8 nitrogen and oxygen atoms in total. The van der Waals surface area contributed by atoms with Crippen molar-refractivity contribution in [1.29, 1.82) is 0 Å². The number of aromatic nitrogens is 3. The van der Waals surface area contributed by atoms with Crippen molar-refractivity contribution < 1.29 is 9.26 Å². The van der Waals surface area contributed by atoms with E-state index in [4.69, 9.17) is 9.26 Å². The number of nitrogens with zero attached hydrogens (tertiary/aromatic N) is 4. The number of hydrogen-bond acceptors (Lipinski definition) is 5. The lowest BCUT2D eigenvalue weighted by Crippen LogP contribution is -2.24. The molecule has 32 heavy (non-hydrogen) atoms. The summed E-state index contributed by atoms with van der Waals surface area (Å²) < 4.78 is 15.5. The summed E-state index contributed by atoms with van der Waals surface area (Å²) in [5.74, 6) is 2.86. The van der Waals surface area contributed by atoms with Crippen LogP contribution in [-0.2, 0) is 5.41 Å². The molecule has 4 aromatic rings. The highest BCUT2D eigenvalue weighted by molar-refractivity contribution is 6.02. The van der Waals surface area contributed by atoms with Gasteiger partial charge in [-0.25, -0.2) is 20.6 Å².